The molecule has 6 nitrogen and oxygen atoms in total. The van der Waals surface area contributed by atoms with Crippen LogP contribution < -0.4 is 14.8 Å². The van der Waals surface area contributed by atoms with Crippen LogP contribution in [0.1, 0.15) is 31.7 Å². The van der Waals surface area contributed by atoms with E-state index in [2.05, 4.69) is 21.2 Å². The molecule has 1 heterocycles. The minimum atomic E-state index is -0.424. The summed E-state index contributed by atoms with van der Waals surface area (Å²) in [7, 11) is 0. The Balaban J connectivity index is 1.63. The molecule has 0 saturated heterocycles. The number of hydrogen-bond donors (Lipinski definition) is 1. The van der Waals surface area contributed by atoms with Gasteiger partial charge in [0, 0.05) is 16.6 Å². The van der Waals surface area contributed by atoms with E-state index in [0.29, 0.717) is 34.9 Å². The van der Waals surface area contributed by atoms with Crippen molar-refractivity contribution in [3.8, 4) is 11.5 Å². The molecule has 0 bridgehead atoms. The van der Waals surface area contributed by atoms with Gasteiger partial charge in [-0.25, -0.2) is 0 Å². The van der Waals surface area contributed by atoms with E-state index in [-0.39, 0.29) is 12.5 Å². The highest BCUT2D eigenvalue weighted by atomic mass is 79.9. The fraction of sp³-hybridized carbons (Fsp3) is 0.364. The van der Waals surface area contributed by atoms with E-state index in [4.69, 9.17) is 14.2 Å². The maximum Gasteiger partial charge on any atom is 0.314 e. The van der Waals surface area contributed by atoms with Crippen molar-refractivity contribution in [3.05, 3.63) is 52.5 Å². The summed E-state index contributed by atoms with van der Waals surface area (Å²) in [6.07, 6.45) is 0.824. The molecule has 2 aromatic carbocycles. The number of ether oxygens (including phenoxy) is 3. The van der Waals surface area contributed by atoms with Crippen molar-refractivity contribution in [2.75, 3.05) is 25.1 Å². The van der Waals surface area contributed by atoms with Crippen LogP contribution in [0.15, 0.2) is 46.9 Å². The van der Waals surface area contributed by atoms with Crippen molar-refractivity contribution in [3.63, 3.8) is 0 Å². The summed E-state index contributed by atoms with van der Waals surface area (Å²) in [5, 5.41) is 2.74. The van der Waals surface area contributed by atoms with Gasteiger partial charge in [-0.05, 0) is 27.4 Å². The lowest BCUT2D eigenvalue weighted by Gasteiger charge is -2.22. The molecule has 2 aromatic rings. The third-order valence-electron chi connectivity index (χ3n) is 4.88. The number of rotatable bonds is 7. The van der Waals surface area contributed by atoms with Crippen LogP contribution in [0.4, 0.5) is 5.69 Å². The topological polar surface area (TPSA) is 73.9 Å². The molecule has 1 aliphatic rings. The predicted octanol–water partition coefficient (Wildman–Crippen LogP) is 4.53. The molecule has 0 saturated carbocycles. The summed E-state index contributed by atoms with van der Waals surface area (Å²) in [4.78, 5) is 25.1. The molecule has 0 radical (unpaired) electrons. The number of halogens is 1. The Kier molecular flexibility index (Phi) is 7.14. The standard InChI is InChI=1S/C22H24BrNO5/c1-3-14(2)21(15-7-5-4-6-8-15)22(26)29-13-20(25)24-17-12-19-18(11-16(17)23)27-9-10-28-19/h4-8,11-12,14,21H,3,9-10,13H2,1-2H3,(H,24,25). The van der Waals surface area contributed by atoms with Crippen molar-refractivity contribution in [1.29, 1.82) is 0 Å². The second-order valence-corrected chi connectivity index (χ2v) is 7.76. The Morgan fingerprint density at radius 2 is 1.79 bits per heavy atom. The number of carbonyl (C=O) groups excluding carboxylic acids is 2. The largest absolute Gasteiger partial charge is 0.486 e. The number of anilines is 1. The maximum atomic E-state index is 12.7. The molecular weight excluding hydrogens is 438 g/mol. The zero-order valence-electron chi connectivity index (χ0n) is 16.4. The fourth-order valence-electron chi connectivity index (χ4n) is 3.17. The first-order valence-electron chi connectivity index (χ1n) is 9.60. The van der Waals surface area contributed by atoms with Crippen LogP contribution in [0.2, 0.25) is 0 Å². The summed E-state index contributed by atoms with van der Waals surface area (Å²) in [6.45, 7) is 4.61. The minimum Gasteiger partial charge on any atom is -0.486 e. The van der Waals surface area contributed by atoms with Crippen molar-refractivity contribution >= 4 is 33.5 Å². The van der Waals surface area contributed by atoms with Crippen LogP contribution in [0.25, 0.3) is 0 Å². The van der Waals surface area contributed by atoms with Gasteiger partial charge >= 0.3 is 5.97 Å². The number of benzene rings is 2. The molecule has 0 spiro atoms. The lowest BCUT2D eigenvalue weighted by atomic mass is 9.86. The van der Waals surface area contributed by atoms with Crippen LogP contribution >= 0.6 is 15.9 Å². The van der Waals surface area contributed by atoms with Gasteiger partial charge in [-0.2, -0.15) is 0 Å². The first-order chi connectivity index (χ1) is 14.0. The van der Waals surface area contributed by atoms with E-state index >= 15 is 0 Å². The molecule has 1 amide bonds. The summed E-state index contributed by atoms with van der Waals surface area (Å²) in [5.74, 6) is 0.0445. The molecule has 1 N–H and O–H groups in total. The molecule has 0 aliphatic carbocycles. The van der Waals surface area contributed by atoms with Gasteiger partial charge in [0.15, 0.2) is 18.1 Å². The molecule has 0 fully saturated rings. The number of fused-ring (bicyclic) bond motifs is 1. The van der Waals surface area contributed by atoms with Crippen molar-refractivity contribution in [2.45, 2.75) is 26.2 Å². The summed E-state index contributed by atoms with van der Waals surface area (Å²) in [6, 6.07) is 12.9. The van der Waals surface area contributed by atoms with E-state index in [1.165, 1.54) is 0 Å². The van der Waals surface area contributed by atoms with Crippen LogP contribution in [-0.4, -0.2) is 31.7 Å². The van der Waals surface area contributed by atoms with Gasteiger partial charge in [0.2, 0.25) is 0 Å². The predicted molar refractivity (Wildman–Crippen MR) is 113 cm³/mol. The molecule has 3 rings (SSSR count). The third kappa shape index (κ3) is 5.29. The van der Waals surface area contributed by atoms with E-state index in [0.717, 1.165) is 12.0 Å². The molecule has 2 atom stereocenters. The van der Waals surface area contributed by atoms with E-state index in [1.54, 1.807) is 12.1 Å². The third-order valence-corrected chi connectivity index (χ3v) is 5.53. The molecule has 2 unspecified atom stereocenters. The highest BCUT2D eigenvalue weighted by Gasteiger charge is 2.28. The Morgan fingerprint density at radius 1 is 1.14 bits per heavy atom. The summed E-state index contributed by atoms with van der Waals surface area (Å²) in [5.41, 5.74) is 1.42. The van der Waals surface area contributed by atoms with Gasteiger partial charge in [0.05, 0.1) is 11.6 Å². The zero-order valence-corrected chi connectivity index (χ0v) is 18.0. The second kappa shape index (κ2) is 9.78. The van der Waals surface area contributed by atoms with Crippen molar-refractivity contribution < 1.29 is 23.8 Å². The minimum absolute atomic E-state index is 0.0971. The van der Waals surface area contributed by atoms with E-state index < -0.39 is 17.8 Å². The van der Waals surface area contributed by atoms with Crippen LogP contribution in [-0.2, 0) is 14.3 Å². The highest BCUT2D eigenvalue weighted by molar-refractivity contribution is 9.10. The first-order valence-corrected chi connectivity index (χ1v) is 10.4. The quantitative estimate of drug-likeness (QED) is 0.612. The second-order valence-electron chi connectivity index (χ2n) is 6.91. The Labute approximate surface area is 178 Å². The van der Waals surface area contributed by atoms with Gasteiger partial charge in [0.1, 0.15) is 13.2 Å². The van der Waals surface area contributed by atoms with Gasteiger partial charge < -0.3 is 19.5 Å². The smallest absolute Gasteiger partial charge is 0.314 e. The number of esters is 1. The molecule has 154 valence electrons. The number of carbonyl (C=O) groups is 2. The zero-order chi connectivity index (χ0) is 20.8. The maximum absolute atomic E-state index is 12.7. The van der Waals surface area contributed by atoms with Gasteiger partial charge in [-0.15, -0.1) is 0 Å². The monoisotopic (exact) mass is 461 g/mol. The van der Waals surface area contributed by atoms with Crippen LogP contribution in [0.3, 0.4) is 0 Å². The summed E-state index contributed by atoms with van der Waals surface area (Å²) >= 11 is 3.41. The average Bonchev–Trinajstić information content (AvgIpc) is 2.73. The van der Waals surface area contributed by atoms with Crippen molar-refractivity contribution in [1.82, 2.24) is 0 Å². The van der Waals surface area contributed by atoms with E-state index in [9.17, 15) is 9.59 Å². The van der Waals surface area contributed by atoms with Gasteiger partial charge in [0.25, 0.3) is 5.91 Å². The molecule has 0 aromatic heterocycles. The van der Waals surface area contributed by atoms with Crippen molar-refractivity contribution in [2.24, 2.45) is 5.92 Å². The highest BCUT2D eigenvalue weighted by Crippen LogP contribution is 2.38. The molecule has 29 heavy (non-hydrogen) atoms. The Hall–Kier alpha value is -2.54. The van der Waals surface area contributed by atoms with Crippen LogP contribution in [0.5, 0.6) is 11.5 Å². The average molecular weight is 462 g/mol. The number of nitrogens with one attached hydrogen (secondary N) is 1. The first kappa shape index (κ1) is 21.2. The van der Waals surface area contributed by atoms with Gasteiger partial charge in [-0.3, -0.25) is 9.59 Å². The van der Waals surface area contributed by atoms with Gasteiger partial charge in [-0.1, -0.05) is 50.6 Å². The molecule has 1 aliphatic heterocycles. The molecular formula is C22H24BrNO5. The SMILES string of the molecule is CCC(C)C(C(=O)OCC(=O)Nc1cc2c(cc1Br)OCCO2)c1ccccc1. The number of amides is 1. The van der Waals surface area contributed by atoms with E-state index in [1.807, 2.05) is 44.2 Å². The fourth-order valence-corrected chi connectivity index (χ4v) is 3.59. The number of hydrogen-bond acceptors (Lipinski definition) is 5. The lowest BCUT2D eigenvalue weighted by molar-refractivity contribution is -0.150. The Morgan fingerprint density at radius 3 is 2.45 bits per heavy atom. The van der Waals surface area contributed by atoms with Crippen LogP contribution in [0, 0.1) is 5.92 Å². The lowest BCUT2D eigenvalue weighted by Crippen LogP contribution is -2.27. The molecule has 7 heteroatoms. The Bertz CT molecular complexity index is 871. The normalized spacial score (nSPS) is 14.6. The summed E-state index contributed by atoms with van der Waals surface area (Å²) < 4.78 is 17.0.